The molecule has 11 heteroatoms. The zero-order valence-corrected chi connectivity index (χ0v) is 21.0. The minimum atomic E-state index is -3.19. The minimum Gasteiger partial charge on any atom is -0.488 e. The quantitative estimate of drug-likeness (QED) is 0.498. The van der Waals surface area contributed by atoms with Crippen molar-refractivity contribution in [1.82, 2.24) is 14.8 Å². The van der Waals surface area contributed by atoms with Crippen molar-refractivity contribution in [3.63, 3.8) is 0 Å². The molecular weight excluding hydrogens is 472 g/mol. The second-order valence-electron chi connectivity index (χ2n) is 8.12. The summed E-state index contributed by atoms with van der Waals surface area (Å²) in [6, 6.07) is 4.96. The number of allylic oxidation sites excluding steroid dienone is 3. The van der Waals surface area contributed by atoms with E-state index in [-0.39, 0.29) is 24.2 Å². The fraction of sp³-hybridized carbons (Fsp3) is 0.375. The number of methoxy groups -OCH3 is 1. The van der Waals surface area contributed by atoms with E-state index in [9.17, 15) is 13.2 Å². The van der Waals surface area contributed by atoms with Crippen molar-refractivity contribution in [2.45, 2.75) is 31.6 Å². The van der Waals surface area contributed by atoms with E-state index in [0.29, 0.717) is 47.4 Å². The van der Waals surface area contributed by atoms with E-state index >= 15 is 0 Å². The predicted molar refractivity (Wildman–Crippen MR) is 131 cm³/mol. The van der Waals surface area contributed by atoms with Crippen molar-refractivity contribution in [2.24, 2.45) is 7.05 Å². The summed E-state index contributed by atoms with van der Waals surface area (Å²) in [6.07, 6.45) is 10.3. The number of sulfone groups is 1. The fourth-order valence-electron chi connectivity index (χ4n) is 3.23. The lowest BCUT2D eigenvalue weighted by molar-refractivity contribution is -0.113. The number of aryl methyl sites for hydroxylation is 1. The molecule has 1 N–H and O–H groups in total. The third kappa shape index (κ3) is 8.37. The van der Waals surface area contributed by atoms with Gasteiger partial charge in [0.25, 0.3) is 5.91 Å². The summed E-state index contributed by atoms with van der Waals surface area (Å²) in [4.78, 5) is 17.1. The van der Waals surface area contributed by atoms with Crippen LogP contribution in [0.5, 0.6) is 5.75 Å². The number of amides is 1. The molecule has 2 heterocycles. The van der Waals surface area contributed by atoms with Gasteiger partial charge in [0.15, 0.2) is 15.7 Å². The van der Waals surface area contributed by atoms with Crippen LogP contribution >= 0.6 is 0 Å². The molecule has 0 saturated carbocycles. The Bertz CT molecular complexity index is 1230. The average molecular weight is 503 g/mol. The highest BCUT2D eigenvalue weighted by Crippen LogP contribution is 2.23. The molecule has 1 aliphatic carbocycles. The Morgan fingerprint density at radius 2 is 2.03 bits per heavy atom. The molecule has 0 radical (unpaired) electrons. The number of carbonyl (C=O) groups is 1. The van der Waals surface area contributed by atoms with E-state index in [1.54, 1.807) is 61.5 Å². The van der Waals surface area contributed by atoms with Crippen molar-refractivity contribution >= 4 is 21.6 Å². The molecule has 2 aromatic rings. The molecule has 188 valence electrons. The largest absolute Gasteiger partial charge is 0.488 e. The van der Waals surface area contributed by atoms with E-state index in [1.807, 2.05) is 6.92 Å². The molecule has 0 fully saturated rings. The van der Waals surface area contributed by atoms with Gasteiger partial charge in [0, 0.05) is 44.3 Å². The first-order chi connectivity index (χ1) is 16.6. The van der Waals surface area contributed by atoms with Gasteiger partial charge in [-0.1, -0.05) is 6.92 Å². The lowest BCUT2D eigenvalue weighted by Crippen LogP contribution is -2.18. The number of aromatic nitrogens is 3. The molecule has 10 nitrogen and oxygen atoms in total. The Balaban J connectivity index is 1.81. The lowest BCUT2D eigenvalue weighted by Gasteiger charge is -2.18. The molecule has 0 aromatic carbocycles. The Kier molecular flexibility index (Phi) is 8.83. The third-order valence-electron chi connectivity index (χ3n) is 4.93. The first-order valence-corrected chi connectivity index (χ1v) is 13.1. The molecule has 1 aliphatic rings. The first kappa shape index (κ1) is 26.2. The molecule has 35 heavy (non-hydrogen) atoms. The topological polar surface area (TPSA) is 122 Å². The highest BCUT2D eigenvalue weighted by atomic mass is 32.2. The van der Waals surface area contributed by atoms with Crippen LogP contribution in [-0.4, -0.2) is 55.2 Å². The summed E-state index contributed by atoms with van der Waals surface area (Å²) in [5.74, 6) is 1.33. The number of nitrogens with one attached hydrogen (secondary N) is 1. The molecular formula is C24H30N4O6S. The van der Waals surface area contributed by atoms with Crippen LogP contribution in [0, 0.1) is 0 Å². The smallest absolute Gasteiger partial charge is 0.253 e. The lowest BCUT2D eigenvalue weighted by atomic mass is 10.1. The monoisotopic (exact) mass is 502 g/mol. The van der Waals surface area contributed by atoms with Crippen LogP contribution < -0.4 is 10.1 Å². The molecule has 0 spiro atoms. The van der Waals surface area contributed by atoms with E-state index in [2.05, 4.69) is 15.4 Å². The summed E-state index contributed by atoms with van der Waals surface area (Å²) in [7, 11) is 0.184. The second kappa shape index (κ2) is 11.8. The highest BCUT2D eigenvalue weighted by molar-refractivity contribution is 7.89. The maximum Gasteiger partial charge on any atom is 0.253 e. The van der Waals surface area contributed by atoms with Gasteiger partial charge in [-0.3, -0.25) is 14.5 Å². The SMILES string of the molecule is CCC(COC)OC1=CC(Oc2ccc(CS(C)(=O)=O)nc2)=CCC(C(=O)Nc2ccn(C)n2)=C1. The van der Waals surface area contributed by atoms with Gasteiger partial charge < -0.3 is 19.5 Å². The summed E-state index contributed by atoms with van der Waals surface area (Å²) >= 11 is 0. The maximum absolute atomic E-state index is 12.9. The number of rotatable bonds is 11. The van der Waals surface area contributed by atoms with Gasteiger partial charge >= 0.3 is 0 Å². The van der Waals surface area contributed by atoms with E-state index in [0.717, 1.165) is 6.26 Å². The van der Waals surface area contributed by atoms with Crippen molar-refractivity contribution in [2.75, 3.05) is 25.3 Å². The summed E-state index contributed by atoms with van der Waals surface area (Å²) in [6.45, 7) is 2.37. The van der Waals surface area contributed by atoms with E-state index in [4.69, 9.17) is 14.2 Å². The molecule has 1 amide bonds. The number of anilines is 1. The number of ether oxygens (including phenoxy) is 3. The van der Waals surface area contributed by atoms with Gasteiger partial charge in [-0.15, -0.1) is 0 Å². The van der Waals surface area contributed by atoms with Crippen molar-refractivity contribution in [3.05, 3.63) is 71.6 Å². The Labute approximate surface area is 205 Å². The standard InChI is InChI=1S/C24H30N4O6S/c1-5-19(15-32-3)33-22-12-17(24(29)26-23-10-11-28(2)27-23)6-8-20(13-22)34-21-9-7-18(25-14-21)16-35(4,30)31/h7-14,19H,5-6,15-16H2,1-4H3,(H,26,27,29). The third-order valence-corrected chi connectivity index (χ3v) is 5.75. The van der Waals surface area contributed by atoms with Gasteiger partial charge in [-0.25, -0.2) is 8.42 Å². The number of carbonyl (C=O) groups excluding carboxylic acids is 1. The first-order valence-electron chi connectivity index (χ1n) is 11.0. The van der Waals surface area contributed by atoms with Crippen LogP contribution in [0.3, 0.4) is 0 Å². The summed E-state index contributed by atoms with van der Waals surface area (Å²) in [5, 5.41) is 6.97. The molecule has 0 bridgehead atoms. The van der Waals surface area contributed by atoms with Crippen LogP contribution in [0.4, 0.5) is 5.82 Å². The maximum atomic E-state index is 12.9. The molecule has 1 atom stereocenters. The van der Waals surface area contributed by atoms with E-state index < -0.39 is 9.84 Å². The van der Waals surface area contributed by atoms with Gasteiger partial charge in [0.2, 0.25) is 0 Å². The predicted octanol–water partition coefficient (Wildman–Crippen LogP) is 2.92. The number of hydrogen-bond donors (Lipinski definition) is 1. The van der Waals surface area contributed by atoms with Gasteiger partial charge in [-0.05, 0) is 37.1 Å². The fourth-order valence-corrected chi connectivity index (χ4v) is 3.94. The molecule has 1 unspecified atom stereocenters. The highest BCUT2D eigenvalue weighted by Gasteiger charge is 2.18. The van der Waals surface area contributed by atoms with E-state index in [1.165, 1.54) is 6.20 Å². The van der Waals surface area contributed by atoms with Crippen LogP contribution in [0.15, 0.2) is 65.9 Å². The van der Waals surface area contributed by atoms with Gasteiger partial charge in [0.05, 0.1) is 24.3 Å². The van der Waals surface area contributed by atoms with Crippen LogP contribution in [-0.2, 0) is 36.9 Å². The summed E-state index contributed by atoms with van der Waals surface area (Å²) in [5.41, 5.74) is 0.893. The van der Waals surface area contributed by atoms with Crippen LogP contribution in [0.25, 0.3) is 0 Å². The molecule has 0 aliphatic heterocycles. The van der Waals surface area contributed by atoms with Crippen molar-refractivity contribution in [3.8, 4) is 5.75 Å². The molecule has 2 aromatic heterocycles. The normalized spacial score (nSPS) is 14.8. The average Bonchev–Trinajstić information content (AvgIpc) is 3.09. The van der Waals surface area contributed by atoms with Crippen molar-refractivity contribution in [1.29, 1.82) is 0 Å². The zero-order valence-electron chi connectivity index (χ0n) is 20.2. The van der Waals surface area contributed by atoms with Gasteiger partial charge in [-0.2, -0.15) is 5.10 Å². The Morgan fingerprint density at radius 1 is 1.23 bits per heavy atom. The number of pyridine rings is 1. The van der Waals surface area contributed by atoms with Crippen LogP contribution in [0.1, 0.15) is 25.5 Å². The molecule has 0 saturated heterocycles. The number of hydrogen-bond acceptors (Lipinski definition) is 8. The van der Waals surface area contributed by atoms with Gasteiger partial charge in [0.1, 0.15) is 23.4 Å². The molecule has 3 rings (SSSR count). The zero-order chi connectivity index (χ0) is 25.4. The van der Waals surface area contributed by atoms with Crippen LogP contribution in [0.2, 0.25) is 0 Å². The second-order valence-corrected chi connectivity index (χ2v) is 10.3. The summed E-state index contributed by atoms with van der Waals surface area (Å²) < 4.78 is 41.9. The Hall–Kier alpha value is -3.44. The number of nitrogens with zero attached hydrogens (tertiary/aromatic N) is 3. The van der Waals surface area contributed by atoms with Crippen molar-refractivity contribution < 1.29 is 27.4 Å². The minimum absolute atomic E-state index is 0.148. The Morgan fingerprint density at radius 3 is 2.63 bits per heavy atom.